The molecule has 8 heteroatoms. The molecule has 0 saturated carbocycles. The molecule has 1 aliphatic rings. The molecule has 1 aliphatic heterocycles. The first-order valence-corrected chi connectivity index (χ1v) is 6.32. The highest BCUT2D eigenvalue weighted by Gasteiger charge is 2.34. The van der Waals surface area contributed by atoms with Crippen molar-refractivity contribution in [2.24, 2.45) is 5.92 Å². The van der Waals surface area contributed by atoms with E-state index in [1.54, 1.807) is 6.92 Å². The van der Waals surface area contributed by atoms with Gasteiger partial charge in [0.15, 0.2) is 0 Å². The number of hydrogen-bond donors (Lipinski definition) is 1. The topological polar surface area (TPSA) is 96.0 Å². The lowest BCUT2D eigenvalue weighted by Crippen LogP contribution is -2.29. The molecule has 16 heavy (non-hydrogen) atoms. The minimum atomic E-state index is -3.64. The molecule has 0 aliphatic carbocycles. The minimum absolute atomic E-state index is 0.213. The number of nitrogens with zero attached hydrogens (tertiary/aromatic N) is 3. The zero-order chi connectivity index (χ0) is 11.8. The summed E-state index contributed by atoms with van der Waals surface area (Å²) < 4.78 is 25.2. The maximum absolute atomic E-state index is 12.0. The molecule has 0 amide bonds. The van der Waals surface area contributed by atoms with Crippen LogP contribution in [0.3, 0.4) is 0 Å². The van der Waals surface area contributed by atoms with Crippen molar-refractivity contribution in [2.75, 3.05) is 13.1 Å². The lowest BCUT2D eigenvalue weighted by Gasteiger charge is -2.12. The fourth-order valence-electron chi connectivity index (χ4n) is 1.64. The summed E-state index contributed by atoms with van der Waals surface area (Å²) in [4.78, 5) is 14.4. The first-order valence-electron chi connectivity index (χ1n) is 4.88. The van der Waals surface area contributed by atoms with Gasteiger partial charge in [0.2, 0.25) is 0 Å². The number of aromatic nitrogens is 3. The van der Waals surface area contributed by atoms with Gasteiger partial charge in [0.1, 0.15) is 12.1 Å². The van der Waals surface area contributed by atoms with E-state index in [0.29, 0.717) is 18.8 Å². The van der Waals surface area contributed by atoms with E-state index < -0.39 is 10.0 Å². The molecule has 1 unspecified atom stereocenters. The summed E-state index contributed by atoms with van der Waals surface area (Å²) in [5, 5.41) is 5.89. The zero-order valence-corrected chi connectivity index (χ0v) is 9.57. The number of hydrogen-bond acceptors (Lipinski definition) is 5. The van der Waals surface area contributed by atoms with Crippen molar-refractivity contribution in [1.29, 1.82) is 0 Å². The van der Waals surface area contributed by atoms with Gasteiger partial charge >= 0.3 is 0 Å². The molecule has 0 radical (unpaired) electrons. The highest BCUT2D eigenvalue weighted by atomic mass is 32.2. The third kappa shape index (κ3) is 1.85. The highest BCUT2D eigenvalue weighted by molar-refractivity contribution is 7.89. The summed E-state index contributed by atoms with van der Waals surface area (Å²) >= 11 is 0. The van der Waals surface area contributed by atoms with Gasteiger partial charge < -0.3 is 4.79 Å². The average Bonchev–Trinajstić information content (AvgIpc) is 2.85. The maximum atomic E-state index is 12.0. The zero-order valence-electron chi connectivity index (χ0n) is 8.75. The molecule has 1 aromatic heterocycles. The average molecular weight is 244 g/mol. The Morgan fingerprint density at radius 2 is 2.31 bits per heavy atom. The van der Waals surface area contributed by atoms with Gasteiger partial charge in [-0.3, -0.25) is 5.10 Å². The summed E-state index contributed by atoms with van der Waals surface area (Å²) in [6.07, 6.45) is 1.35. The number of aryl methyl sites for hydroxylation is 1. The first kappa shape index (κ1) is 11.2. The second kappa shape index (κ2) is 3.95. The van der Waals surface area contributed by atoms with E-state index in [1.807, 2.05) is 0 Å². The number of H-pyrrole nitrogens is 1. The summed E-state index contributed by atoms with van der Waals surface area (Å²) in [7, 11) is -3.64. The van der Waals surface area contributed by atoms with E-state index in [2.05, 4.69) is 15.2 Å². The molecular weight excluding hydrogens is 232 g/mol. The van der Waals surface area contributed by atoms with E-state index in [-0.39, 0.29) is 17.6 Å². The van der Waals surface area contributed by atoms with Crippen LogP contribution in [0.2, 0.25) is 0 Å². The molecule has 1 N–H and O–H groups in total. The SMILES string of the molecule is Cc1nc(S(=O)(=O)N2CCC(C=O)C2)n[nH]1. The second-order valence-electron chi connectivity index (χ2n) is 3.75. The van der Waals surface area contributed by atoms with Gasteiger partial charge in [-0.2, -0.15) is 4.31 Å². The van der Waals surface area contributed by atoms with Crippen molar-refractivity contribution >= 4 is 16.3 Å². The van der Waals surface area contributed by atoms with Crippen molar-refractivity contribution < 1.29 is 13.2 Å². The molecule has 0 spiro atoms. The molecule has 1 atom stereocenters. The van der Waals surface area contributed by atoms with Crippen LogP contribution in [0.1, 0.15) is 12.2 Å². The van der Waals surface area contributed by atoms with E-state index in [1.165, 1.54) is 4.31 Å². The molecule has 1 saturated heterocycles. The number of aromatic amines is 1. The van der Waals surface area contributed by atoms with E-state index in [9.17, 15) is 13.2 Å². The Hall–Kier alpha value is -1.28. The van der Waals surface area contributed by atoms with Crippen LogP contribution < -0.4 is 0 Å². The Bertz CT molecular complexity index is 495. The molecule has 2 heterocycles. The first-order chi connectivity index (χ1) is 7.54. The minimum Gasteiger partial charge on any atom is -0.303 e. The number of aldehydes is 1. The van der Waals surface area contributed by atoms with E-state index in [0.717, 1.165) is 6.29 Å². The van der Waals surface area contributed by atoms with E-state index >= 15 is 0 Å². The number of nitrogens with one attached hydrogen (secondary N) is 1. The fraction of sp³-hybridized carbons (Fsp3) is 0.625. The number of sulfonamides is 1. The van der Waals surface area contributed by atoms with Crippen LogP contribution in [0.4, 0.5) is 0 Å². The Labute approximate surface area is 92.9 Å². The third-order valence-corrected chi connectivity index (χ3v) is 4.18. The van der Waals surface area contributed by atoms with Gasteiger partial charge in [-0.15, -0.1) is 5.10 Å². The monoisotopic (exact) mass is 244 g/mol. The summed E-state index contributed by atoms with van der Waals surface area (Å²) in [6.45, 7) is 2.20. The number of carbonyl (C=O) groups excluding carboxylic acids is 1. The van der Waals surface area contributed by atoms with Crippen LogP contribution in [-0.2, 0) is 14.8 Å². The lowest BCUT2D eigenvalue weighted by molar-refractivity contribution is -0.110. The largest absolute Gasteiger partial charge is 0.303 e. The van der Waals surface area contributed by atoms with Crippen LogP contribution in [0, 0.1) is 12.8 Å². The summed E-state index contributed by atoms with van der Waals surface area (Å²) in [6, 6.07) is 0. The van der Waals surface area contributed by atoms with Crippen molar-refractivity contribution in [3.63, 3.8) is 0 Å². The quantitative estimate of drug-likeness (QED) is 0.711. The van der Waals surface area contributed by atoms with Crippen LogP contribution in [-0.4, -0.2) is 47.3 Å². The van der Waals surface area contributed by atoms with Crippen molar-refractivity contribution in [2.45, 2.75) is 18.5 Å². The molecular formula is C8H12N4O3S. The van der Waals surface area contributed by atoms with Crippen LogP contribution in [0.25, 0.3) is 0 Å². The van der Waals surface area contributed by atoms with E-state index in [4.69, 9.17) is 0 Å². The van der Waals surface area contributed by atoms with Crippen LogP contribution >= 0.6 is 0 Å². The van der Waals surface area contributed by atoms with Crippen molar-refractivity contribution in [3.05, 3.63) is 5.82 Å². The Balaban J connectivity index is 2.24. The summed E-state index contributed by atoms with van der Waals surface area (Å²) in [5.41, 5.74) is 0. The van der Waals surface area contributed by atoms with Gasteiger partial charge in [0.05, 0.1) is 0 Å². The predicted molar refractivity (Wildman–Crippen MR) is 54.0 cm³/mol. The molecule has 1 aromatic rings. The van der Waals surface area contributed by atoms with Gasteiger partial charge in [-0.05, 0) is 13.3 Å². The van der Waals surface area contributed by atoms with Crippen LogP contribution in [0.15, 0.2) is 5.16 Å². The Kier molecular flexibility index (Phi) is 2.76. The second-order valence-corrected chi connectivity index (χ2v) is 5.58. The highest BCUT2D eigenvalue weighted by Crippen LogP contribution is 2.20. The molecule has 1 fully saturated rings. The smallest absolute Gasteiger partial charge is 0.282 e. The van der Waals surface area contributed by atoms with Gasteiger partial charge in [-0.1, -0.05) is 0 Å². The van der Waals surface area contributed by atoms with Crippen molar-refractivity contribution in [3.8, 4) is 0 Å². The fourth-order valence-corrected chi connectivity index (χ4v) is 3.01. The predicted octanol–water partition coefficient (Wildman–Crippen LogP) is -0.677. The number of rotatable bonds is 3. The summed E-state index contributed by atoms with van der Waals surface area (Å²) in [5.74, 6) is 0.236. The maximum Gasteiger partial charge on any atom is 0.282 e. The van der Waals surface area contributed by atoms with Gasteiger partial charge in [0, 0.05) is 19.0 Å². The van der Waals surface area contributed by atoms with Crippen LogP contribution in [0.5, 0.6) is 0 Å². The third-order valence-electron chi connectivity index (χ3n) is 2.53. The molecule has 0 aromatic carbocycles. The normalized spacial score (nSPS) is 22.4. The van der Waals surface area contributed by atoms with Gasteiger partial charge in [-0.25, -0.2) is 13.4 Å². The lowest BCUT2D eigenvalue weighted by atomic mass is 10.2. The molecule has 0 bridgehead atoms. The Morgan fingerprint density at radius 1 is 1.56 bits per heavy atom. The Morgan fingerprint density at radius 3 is 2.81 bits per heavy atom. The van der Waals surface area contributed by atoms with Crippen molar-refractivity contribution in [1.82, 2.24) is 19.5 Å². The molecule has 2 rings (SSSR count). The standard InChI is InChI=1S/C8H12N4O3S/c1-6-9-8(11-10-6)16(14,15)12-3-2-7(4-12)5-13/h5,7H,2-4H2,1H3,(H,9,10,11). The number of carbonyl (C=O) groups is 1. The molecule has 7 nitrogen and oxygen atoms in total. The van der Waals surface area contributed by atoms with Gasteiger partial charge in [0.25, 0.3) is 15.2 Å². The molecule has 88 valence electrons.